The van der Waals surface area contributed by atoms with Crippen LogP contribution in [0.2, 0.25) is 5.02 Å². The van der Waals surface area contributed by atoms with Gasteiger partial charge in [-0.15, -0.1) is 11.3 Å². The number of halogens is 2. The number of thiazole rings is 1. The maximum Gasteiger partial charge on any atom is 0.266 e. The van der Waals surface area contributed by atoms with Gasteiger partial charge < -0.3 is 10.1 Å². The molecule has 4 rings (SSSR count). The van der Waals surface area contributed by atoms with Crippen LogP contribution in [0.5, 0.6) is 5.75 Å². The van der Waals surface area contributed by atoms with E-state index < -0.39 is 20.7 Å². The molecule has 2 atom stereocenters. The molecule has 1 saturated carbocycles. The van der Waals surface area contributed by atoms with Crippen LogP contribution in [-0.2, 0) is 10.0 Å². The molecular formula is C19H24ClFN4O3S2. The fourth-order valence-corrected chi connectivity index (χ4v) is 6.07. The van der Waals surface area contributed by atoms with E-state index in [0.717, 1.165) is 62.2 Å². The van der Waals surface area contributed by atoms with Crippen molar-refractivity contribution in [2.45, 2.75) is 48.8 Å². The molecule has 7 nitrogen and oxygen atoms in total. The first kappa shape index (κ1) is 21.8. The molecule has 0 amide bonds. The molecule has 1 aromatic carbocycles. The third-order valence-corrected chi connectivity index (χ3v) is 8.20. The van der Waals surface area contributed by atoms with Crippen molar-refractivity contribution in [1.82, 2.24) is 15.2 Å². The Hall–Kier alpha value is -1.46. The van der Waals surface area contributed by atoms with Gasteiger partial charge in [0.05, 0.1) is 5.02 Å². The summed E-state index contributed by atoms with van der Waals surface area (Å²) in [6, 6.07) is 2.84. The van der Waals surface area contributed by atoms with E-state index in [2.05, 4.69) is 27.0 Å². The van der Waals surface area contributed by atoms with Gasteiger partial charge in [0.25, 0.3) is 10.0 Å². The quantitative estimate of drug-likeness (QED) is 0.640. The second-order valence-corrected chi connectivity index (χ2v) is 10.6. The molecule has 1 aromatic heterocycles. The molecule has 1 aliphatic heterocycles. The van der Waals surface area contributed by atoms with E-state index in [1.165, 1.54) is 6.20 Å². The van der Waals surface area contributed by atoms with Gasteiger partial charge in [-0.1, -0.05) is 18.0 Å². The second kappa shape index (κ2) is 8.96. The maximum atomic E-state index is 14.8. The minimum atomic E-state index is -4.15. The van der Waals surface area contributed by atoms with Crippen LogP contribution in [0.25, 0.3) is 0 Å². The van der Waals surface area contributed by atoms with Crippen molar-refractivity contribution in [2.24, 2.45) is 0 Å². The Morgan fingerprint density at radius 1 is 1.33 bits per heavy atom. The second-order valence-electron chi connectivity index (χ2n) is 7.64. The van der Waals surface area contributed by atoms with Crippen molar-refractivity contribution >= 4 is 38.1 Å². The van der Waals surface area contributed by atoms with Gasteiger partial charge in [-0.3, -0.25) is 9.62 Å². The van der Waals surface area contributed by atoms with Gasteiger partial charge in [-0.25, -0.2) is 17.8 Å². The third kappa shape index (κ3) is 4.57. The Morgan fingerprint density at radius 2 is 2.10 bits per heavy atom. The molecule has 0 spiro atoms. The molecule has 164 valence electrons. The SMILES string of the molecule is CN(C1CNC1)[C@H]1CCCC[C@@H]1Oc1cc(F)c(S(=O)(=O)Nc2nccs2)cc1Cl. The first-order valence-electron chi connectivity index (χ1n) is 9.86. The van der Waals surface area contributed by atoms with E-state index in [1.54, 1.807) is 5.38 Å². The highest BCUT2D eigenvalue weighted by Crippen LogP contribution is 2.35. The predicted octanol–water partition coefficient (Wildman–Crippen LogP) is 3.33. The topological polar surface area (TPSA) is 83.6 Å². The fourth-order valence-electron chi connectivity index (χ4n) is 3.93. The first-order valence-corrected chi connectivity index (χ1v) is 12.6. The summed E-state index contributed by atoms with van der Waals surface area (Å²) in [4.78, 5) is 5.66. The average molecular weight is 475 g/mol. The zero-order valence-electron chi connectivity index (χ0n) is 16.5. The lowest BCUT2D eigenvalue weighted by Gasteiger charge is -2.45. The highest BCUT2D eigenvalue weighted by molar-refractivity contribution is 7.93. The van der Waals surface area contributed by atoms with E-state index in [-0.39, 0.29) is 28.0 Å². The van der Waals surface area contributed by atoms with Crippen LogP contribution in [0.4, 0.5) is 9.52 Å². The minimum Gasteiger partial charge on any atom is -0.487 e. The predicted molar refractivity (Wildman–Crippen MR) is 115 cm³/mol. The zero-order valence-corrected chi connectivity index (χ0v) is 18.9. The van der Waals surface area contributed by atoms with Gasteiger partial charge in [0, 0.05) is 42.8 Å². The molecular weight excluding hydrogens is 451 g/mol. The summed E-state index contributed by atoms with van der Waals surface area (Å²) in [5.74, 6) is -0.748. The number of aromatic nitrogens is 1. The van der Waals surface area contributed by atoms with Crippen LogP contribution in [-0.4, -0.2) is 56.6 Å². The summed E-state index contributed by atoms with van der Waals surface area (Å²) >= 11 is 7.42. The summed E-state index contributed by atoms with van der Waals surface area (Å²) in [7, 11) is -2.05. The third-order valence-electron chi connectivity index (χ3n) is 5.73. The number of rotatable bonds is 7. The Balaban J connectivity index is 1.54. The first-order chi connectivity index (χ1) is 14.3. The van der Waals surface area contributed by atoms with Gasteiger partial charge in [-0.2, -0.15) is 0 Å². The highest BCUT2D eigenvalue weighted by Gasteiger charge is 2.36. The number of hydrogen-bond acceptors (Lipinski definition) is 7. The molecule has 2 heterocycles. The summed E-state index contributed by atoms with van der Waals surface area (Å²) < 4.78 is 48.2. The lowest BCUT2D eigenvalue weighted by atomic mass is 9.90. The molecule has 0 unspecified atom stereocenters. The molecule has 30 heavy (non-hydrogen) atoms. The Labute approximate surface area is 184 Å². The standard InChI is InChI=1S/C19H24ClFN4O3S2/c1-25(12-10-22-11-12)15-4-2-3-5-16(15)28-17-9-14(21)18(8-13(17)20)30(26,27)24-19-23-6-7-29-19/h6-9,12,15-16,22H,2-5,10-11H2,1H3,(H,23,24)/t15-,16-/m0/s1. The number of ether oxygens (including phenoxy) is 1. The van der Waals surface area contributed by atoms with Crippen LogP contribution >= 0.6 is 22.9 Å². The van der Waals surface area contributed by atoms with Crippen LogP contribution < -0.4 is 14.8 Å². The molecule has 11 heteroatoms. The smallest absolute Gasteiger partial charge is 0.266 e. The monoisotopic (exact) mass is 474 g/mol. The molecule has 0 radical (unpaired) electrons. The number of hydrogen-bond donors (Lipinski definition) is 2. The van der Waals surface area contributed by atoms with Crippen molar-refractivity contribution < 1.29 is 17.5 Å². The Kier molecular flexibility index (Phi) is 6.50. The summed E-state index contributed by atoms with van der Waals surface area (Å²) in [6.45, 7) is 1.90. The van der Waals surface area contributed by atoms with Gasteiger partial charge >= 0.3 is 0 Å². The number of nitrogens with zero attached hydrogens (tertiary/aromatic N) is 2. The summed E-state index contributed by atoms with van der Waals surface area (Å²) in [5.41, 5.74) is 0. The van der Waals surface area contributed by atoms with E-state index in [9.17, 15) is 12.8 Å². The van der Waals surface area contributed by atoms with Crippen LogP contribution in [0.15, 0.2) is 28.6 Å². The number of anilines is 1. The van der Waals surface area contributed by atoms with Gasteiger partial charge in [0.2, 0.25) is 0 Å². The maximum absolute atomic E-state index is 14.8. The fraction of sp³-hybridized carbons (Fsp3) is 0.526. The average Bonchev–Trinajstić information content (AvgIpc) is 3.15. The molecule has 2 aromatic rings. The van der Waals surface area contributed by atoms with Crippen molar-refractivity contribution in [2.75, 3.05) is 24.9 Å². The van der Waals surface area contributed by atoms with Crippen LogP contribution in [0.3, 0.4) is 0 Å². The summed E-state index contributed by atoms with van der Waals surface area (Å²) in [6.07, 6.45) is 5.33. The van der Waals surface area contributed by atoms with E-state index >= 15 is 0 Å². The number of nitrogens with one attached hydrogen (secondary N) is 2. The number of likely N-dealkylation sites (N-methyl/N-ethyl adjacent to an activating group) is 1. The minimum absolute atomic E-state index is 0.0631. The van der Waals surface area contributed by atoms with Crippen LogP contribution in [0, 0.1) is 5.82 Å². The Bertz CT molecular complexity index is 986. The number of benzene rings is 1. The van der Waals surface area contributed by atoms with Crippen molar-refractivity contribution in [1.29, 1.82) is 0 Å². The van der Waals surface area contributed by atoms with Crippen molar-refractivity contribution in [3.05, 3.63) is 34.5 Å². The van der Waals surface area contributed by atoms with Gasteiger partial charge in [-0.05, 0) is 32.4 Å². The molecule has 2 aliphatic rings. The van der Waals surface area contributed by atoms with E-state index in [1.807, 2.05) is 0 Å². The number of sulfonamides is 1. The molecule has 2 fully saturated rings. The normalized spacial score (nSPS) is 22.7. The van der Waals surface area contributed by atoms with Crippen molar-refractivity contribution in [3.8, 4) is 5.75 Å². The largest absolute Gasteiger partial charge is 0.487 e. The van der Waals surface area contributed by atoms with E-state index in [4.69, 9.17) is 16.3 Å². The lowest BCUT2D eigenvalue weighted by Crippen LogP contribution is -2.61. The van der Waals surface area contributed by atoms with Gasteiger partial charge in [0.1, 0.15) is 22.6 Å². The molecule has 1 saturated heterocycles. The van der Waals surface area contributed by atoms with Gasteiger partial charge in [0.15, 0.2) is 5.13 Å². The van der Waals surface area contributed by atoms with Crippen molar-refractivity contribution in [3.63, 3.8) is 0 Å². The molecule has 1 aliphatic carbocycles. The van der Waals surface area contributed by atoms with E-state index in [0.29, 0.717) is 6.04 Å². The lowest BCUT2D eigenvalue weighted by molar-refractivity contribution is 0.0151. The molecule has 2 N–H and O–H groups in total. The van der Waals surface area contributed by atoms with Crippen LogP contribution in [0.1, 0.15) is 25.7 Å². The highest BCUT2D eigenvalue weighted by atomic mass is 35.5. The zero-order chi connectivity index (χ0) is 21.3. The summed E-state index contributed by atoms with van der Waals surface area (Å²) in [5, 5.41) is 5.12. The Morgan fingerprint density at radius 3 is 2.77 bits per heavy atom. The molecule has 0 bridgehead atoms.